The first kappa shape index (κ1) is 27.5. The Hall–Kier alpha value is -5.86. The molecule has 1 aliphatic carbocycles. The van der Waals surface area contributed by atoms with Crippen LogP contribution < -0.4 is 4.90 Å². The van der Waals surface area contributed by atoms with Gasteiger partial charge in [-0.2, -0.15) is 0 Å². The second-order valence-corrected chi connectivity index (χ2v) is 12.9. The molecule has 9 rings (SSSR count). The lowest BCUT2D eigenvalue weighted by molar-refractivity contribution is 0.657. The molecule has 47 heavy (non-hydrogen) atoms. The van der Waals surface area contributed by atoms with E-state index in [9.17, 15) is 0 Å². The Balaban J connectivity index is 1.24. The molecule has 0 radical (unpaired) electrons. The molecule has 1 aromatic heterocycles. The summed E-state index contributed by atoms with van der Waals surface area (Å²) in [5.74, 6) is 0. The summed E-state index contributed by atoms with van der Waals surface area (Å²) in [5.41, 5.74) is 14.9. The van der Waals surface area contributed by atoms with Crippen LogP contribution >= 0.6 is 0 Å². The fourth-order valence-corrected chi connectivity index (χ4v) is 7.62. The van der Waals surface area contributed by atoms with Gasteiger partial charge in [-0.3, -0.25) is 0 Å². The Morgan fingerprint density at radius 2 is 1.02 bits per heavy atom. The van der Waals surface area contributed by atoms with Gasteiger partial charge in [-0.15, -0.1) is 0 Å². The first-order valence-corrected chi connectivity index (χ1v) is 16.3. The molecule has 2 heteroatoms. The lowest BCUT2D eigenvalue weighted by Crippen LogP contribution is -2.15. The zero-order valence-electron chi connectivity index (χ0n) is 26.4. The molecular formula is C45H33NO. The zero-order chi connectivity index (χ0) is 31.5. The van der Waals surface area contributed by atoms with Gasteiger partial charge in [-0.05, 0) is 80.9 Å². The largest absolute Gasteiger partial charge is 0.454 e. The van der Waals surface area contributed by atoms with Crippen molar-refractivity contribution in [1.82, 2.24) is 0 Å². The monoisotopic (exact) mass is 603 g/mol. The molecule has 7 aromatic carbocycles. The molecule has 2 nitrogen and oxygen atoms in total. The third kappa shape index (κ3) is 4.33. The minimum absolute atomic E-state index is 0.140. The summed E-state index contributed by atoms with van der Waals surface area (Å²) in [6.45, 7) is 4.68. The van der Waals surface area contributed by atoms with Crippen molar-refractivity contribution in [2.45, 2.75) is 19.3 Å². The van der Waals surface area contributed by atoms with E-state index in [0.717, 1.165) is 33.6 Å². The molecule has 0 fully saturated rings. The van der Waals surface area contributed by atoms with Gasteiger partial charge in [0.2, 0.25) is 0 Å². The molecule has 1 aliphatic rings. The van der Waals surface area contributed by atoms with Crippen LogP contribution in [0.5, 0.6) is 0 Å². The standard InChI is InChI=1S/C45H33NO/c1-45(2)39-18-10-9-16-36(39)37-28-29-41-42(43(37)45)38-17-11-19-40(44(38)47-41)46(34-24-20-32(21-25-34)30-12-5-3-6-13-30)35-26-22-33(23-27-35)31-14-7-4-8-15-31/h3-29H,1-2H3. The van der Waals surface area contributed by atoms with Crippen molar-refractivity contribution in [3.8, 4) is 33.4 Å². The predicted molar refractivity (Wildman–Crippen MR) is 197 cm³/mol. The Morgan fingerprint density at radius 3 is 1.64 bits per heavy atom. The Bertz CT molecular complexity index is 2320. The van der Waals surface area contributed by atoms with Crippen LogP contribution in [0.1, 0.15) is 25.0 Å². The van der Waals surface area contributed by atoms with E-state index in [2.05, 4.69) is 183 Å². The number of furan rings is 1. The van der Waals surface area contributed by atoms with Gasteiger partial charge in [0.15, 0.2) is 5.58 Å². The summed E-state index contributed by atoms with van der Waals surface area (Å²) >= 11 is 0. The van der Waals surface area contributed by atoms with Crippen LogP contribution in [0.3, 0.4) is 0 Å². The van der Waals surface area contributed by atoms with Crippen LogP contribution in [0.15, 0.2) is 168 Å². The van der Waals surface area contributed by atoms with Crippen LogP contribution in [-0.4, -0.2) is 0 Å². The Labute approximate surface area is 275 Å². The highest BCUT2D eigenvalue weighted by molar-refractivity contribution is 6.14. The molecule has 0 atom stereocenters. The number of benzene rings is 7. The Morgan fingerprint density at radius 1 is 0.468 bits per heavy atom. The molecule has 1 heterocycles. The quantitative estimate of drug-likeness (QED) is 0.195. The van der Waals surface area contributed by atoms with Gasteiger partial charge < -0.3 is 9.32 Å². The van der Waals surface area contributed by atoms with Gasteiger partial charge in [0.25, 0.3) is 0 Å². The maximum Gasteiger partial charge on any atom is 0.159 e. The fourth-order valence-electron chi connectivity index (χ4n) is 7.62. The summed E-state index contributed by atoms with van der Waals surface area (Å²) in [5, 5.41) is 2.35. The summed E-state index contributed by atoms with van der Waals surface area (Å²) in [7, 11) is 0. The first-order valence-electron chi connectivity index (χ1n) is 16.3. The Kier molecular flexibility index (Phi) is 6.20. The predicted octanol–water partition coefficient (Wildman–Crippen LogP) is 12.7. The van der Waals surface area contributed by atoms with Crippen molar-refractivity contribution in [1.29, 1.82) is 0 Å². The lowest BCUT2D eigenvalue weighted by Gasteiger charge is -2.26. The molecule has 0 spiro atoms. The number of nitrogens with zero attached hydrogens (tertiary/aromatic N) is 1. The third-order valence-corrected chi connectivity index (χ3v) is 9.86. The van der Waals surface area contributed by atoms with E-state index < -0.39 is 0 Å². The van der Waals surface area contributed by atoms with Gasteiger partial charge >= 0.3 is 0 Å². The lowest BCUT2D eigenvalue weighted by atomic mass is 9.80. The normalized spacial score (nSPS) is 13.1. The summed E-state index contributed by atoms with van der Waals surface area (Å²) < 4.78 is 6.87. The molecular weight excluding hydrogens is 571 g/mol. The van der Waals surface area contributed by atoms with Crippen LogP contribution in [0.25, 0.3) is 55.3 Å². The molecule has 0 aliphatic heterocycles. The summed E-state index contributed by atoms with van der Waals surface area (Å²) in [4.78, 5) is 2.33. The molecule has 0 saturated carbocycles. The molecule has 0 saturated heterocycles. The number of para-hydroxylation sites is 1. The fraction of sp³-hybridized carbons (Fsp3) is 0.0667. The number of rotatable bonds is 5. The van der Waals surface area contributed by atoms with Gasteiger partial charge in [-0.25, -0.2) is 0 Å². The van der Waals surface area contributed by atoms with E-state index in [4.69, 9.17) is 4.42 Å². The molecule has 8 aromatic rings. The topological polar surface area (TPSA) is 16.4 Å². The van der Waals surface area contributed by atoms with E-state index in [0.29, 0.717) is 0 Å². The molecule has 0 amide bonds. The minimum Gasteiger partial charge on any atom is -0.454 e. The SMILES string of the molecule is CC1(C)c2ccccc2-c2ccc3oc4c(N(c5ccc(-c6ccccc6)cc5)c5ccc(-c6ccccc6)cc5)cccc4c3c21. The van der Waals surface area contributed by atoms with E-state index in [1.807, 2.05) is 0 Å². The summed E-state index contributed by atoms with van der Waals surface area (Å²) in [6, 6.07) is 58.6. The van der Waals surface area contributed by atoms with Crippen molar-refractivity contribution >= 4 is 39.0 Å². The van der Waals surface area contributed by atoms with Gasteiger partial charge in [0.1, 0.15) is 5.58 Å². The smallest absolute Gasteiger partial charge is 0.159 e. The van der Waals surface area contributed by atoms with Gasteiger partial charge in [0, 0.05) is 27.6 Å². The maximum absolute atomic E-state index is 6.87. The molecule has 0 bridgehead atoms. The van der Waals surface area contributed by atoms with Crippen LogP contribution in [0.4, 0.5) is 17.1 Å². The van der Waals surface area contributed by atoms with E-state index in [1.165, 1.54) is 49.9 Å². The van der Waals surface area contributed by atoms with Crippen molar-refractivity contribution < 1.29 is 4.42 Å². The second kappa shape index (κ2) is 10.6. The number of hydrogen-bond donors (Lipinski definition) is 0. The maximum atomic E-state index is 6.87. The van der Waals surface area contributed by atoms with Crippen molar-refractivity contribution in [2.24, 2.45) is 0 Å². The minimum atomic E-state index is -0.140. The number of fused-ring (bicyclic) bond motifs is 7. The van der Waals surface area contributed by atoms with Crippen LogP contribution in [0.2, 0.25) is 0 Å². The number of anilines is 3. The molecule has 0 N–H and O–H groups in total. The van der Waals surface area contributed by atoms with Crippen molar-refractivity contribution in [2.75, 3.05) is 4.90 Å². The number of hydrogen-bond acceptors (Lipinski definition) is 2. The average molecular weight is 604 g/mol. The van der Waals surface area contributed by atoms with E-state index >= 15 is 0 Å². The van der Waals surface area contributed by atoms with Crippen LogP contribution in [0, 0.1) is 0 Å². The van der Waals surface area contributed by atoms with Gasteiger partial charge in [0.05, 0.1) is 5.69 Å². The molecule has 224 valence electrons. The van der Waals surface area contributed by atoms with Crippen LogP contribution in [-0.2, 0) is 5.41 Å². The van der Waals surface area contributed by atoms with Crippen molar-refractivity contribution in [3.63, 3.8) is 0 Å². The third-order valence-electron chi connectivity index (χ3n) is 9.86. The average Bonchev–Trinajstić information content (AvgIpc) is 3.62. The van der Waals surface area contributed by atoms with E-state index in [1.54, 1.807) is 0 Å². The highest BCUT2D eigenvalue weighted by atomic mass is 16.3. The first-order chi connectivity index (χ1) is 23.1. The van der Waals surface area contributed by atoms with Gasteiger partial charge in [-0.1, -0.05) is 141 Å². The van der Waals surface area contributed by atoms with Crippen molar-refractivity contribution in [3.05, 3.63) is 175 Å². The highest BCUT2D eigenvalue weighted by Crippen LogP contribution is 2.54. The second-order valence-electron chi connectivity index (χ2n) is 12.9. The zero-order valence-corrected chi connectivity index (χ0v) is 26.4. The van der Waals surface area contributed by atoms with E-state index in [-0.39, 0.29) is 5.41 Å². The summed E-state index contributed by atoms with van der Waals surface area (Å²) in [6.07, 6.45) is 0. The highest BCUT2D eigenvalue weighted by Gasteiger charge is 2.38. The molecule has 0 unspecified atom stereocenters.